The van der Waals surface area contributed by atoms with Gasteiger partial charge >= 0.3 is 0 Å². The Morgan fingerprint density at radius 3 is 2.31 bits per heavy atom. The van der Waals surface area contributed by atoms with Gasteiger partial charge in [0.25, 0.3) is 0 Å². The van der Waals surface area contributed by atoms with Crippen molar-refractivity contribution in [1.29, 1.82) is 0 Å². The Balaban J connectivity index is 2.37. The minimum absolute atomic E-state index is 0.310. The molecule has 1 aromatic rings. The molecule has 0 atom stereocenters. The lowest BCUT2D eigenvalue weighted by atomic mass is 10.0. The van der Waals surface area contributed by atoms with Crippen molar-refractivity contribution in [2.75, 3.05) is 13.1 Å². The summed E-state index contributed by atoms with van der Waals surface area (Å²) in [7, 11) is 0. The van der Waals surface area contributed by atoms with Crippen molar-refractivity contribution in [3.8, 4) is 0 Å². The summed E-state index contributed by atoms with van der Waals surface area (Å²) in [6.07, 6.45) is 2.24. The van der Waals surface area contributed by atoms with Gasteiger partial charge in [-0.2, -0.15) is 0 Å². The number of ketones is 1. The number of nitrogens with one attached hydrogen (secondary N) is 1. The molecule has 1 N–H and O–H groups in total. The van der Waals surface area contributed by atoms with Gasteiger partial charge in [0.1, 0.15) is 5.78 Å². The van der Waals surface area contributed by atoms with E-state index in [0.29, 0.717) is 18.6 Å². The van der Waals surface area contributed by atoms with E-state index in [2.05, 4.69) is 36.5 Å². The summed E-state index contributed by atoms with van der Waals surface area (Å²) in [4.78, 5) is 11.6. The summed E-state index contributed by atoms with van der Waals surface area (Å²) in [6, 6.07) is 8.33. The van der Waals surface area contributed by atoms with Crippen molar-refractivity contribution in [3.05, 3.63) is 35.4 Å². The van der Waals surface area contributed by atoms with E-state index in [1.165, 1.54) is 5.56 Å². The third-order valence-electron chi connectivity index (χ3n) is 2.66. The third kappa shape index (κ3) is 4.58. The first kappa shape index (κ1) is 12.9. The van der Waals surface area contributed by atoms with E-state index in [1.807, 2.05) is 6.92 Å². The monoisotopic (exact) mass is 219 g/mol. The Morgan fingerprint density at radius 2 is 1.75 bits per heavy atom. The smallest absolute Gasteiger partial charge is 0.138 e. The first-order valence-corrected chi connectivity index (χ1v) is 6.06. The van der Waals surface area contributed by atoms with Crippen LogP contribution in [0, 0.1) is 0 Å². The van der Waals surface area contributed by atoms with Crippen LogP contribution in [0.25, 0.3) is 0 Å². The zero-order valence-corrected chi connectivity index (χ0v) is 10.3. The number of aryl methyl sites for hydroxylation is 1. The Hall–Kier alpha value is -1.15. The topological polar surface area (TPSA) is 29.1 Å². The zero-order valence-electron chi connectivity index (χ0n) is 10.3. The maximum Gasteiger partial charge on any atom is 0.138 e. The lowest BCUT2D eigenvalue weighted by Crippen LogP contribution is -2.18. The summed E-state index contributed by atoms with van der Waals surface area (Å²) in [6.45, 7) is 5.91. The Labute approximate surface area is 98.1 Å². The van der Waals surface area contributed by atoms with Gasteiger partial charge in [-0.05, 0) is 24.1 Å². The van der Waals surface area contributed by atoms with Gasteiger partial charge in [0, 0.05) is 19.4 Å². The van der Waals surface area contributed by atoms with Gasteiger partial charge in [-0.1, -0.05) is 38.1 Å². The fourth-order valence-corrected chi connectivity index (χ4v) is 1.61. The van der Waals surface area contributed by atoms with Crippen molar-refractivity contribution in [2.24, 2.45) is 0 Å². The lowest BCUT2D eigenvalue weighted by Gasteiger charge is -2.03. The Bertz CT molecular complexity index is 316. The number of rotatable bonds is 7. The molecule has 0 aliphatic carbocycles. The van der Waals surface area contributed by atoms with Gasteiger partial charge in [-0.25, -0.2) is 0 Å². The molecule has 16 heavy (non-hydrogen) atoms. The van der Waals surface area contributed by atoms with E-state index in [9.17, 15) is 4.79 Å². The van der Waals surface area contributed by atoms with Crippen LogP contribution in [0.3, 0.4) is 0 Å². The predicted molar refractivity (Wildman–Crippen MR) is 67.7 cm³/mol. The van der Waals surface area contributed by atoms with Crippen LogP contribution in [0.4, 0.5) is 0 Å². The molecule has 0 fully saturated rings. The SMILES string of the molecule is CCNCCC(=O)Cc1ccc(CC)cc1. The second-order valence-electron chi connectivity index (χ2n) is 3.99. The molecule has 2 heteroatoms. The molecule has 1 rings (SSSR count). The first-order valence-electron chi connectivity index (χ1n) is 6.06. The van der Waals surface area contributed by atoms with E-state index in [1.54, 1.807) is 0 Å². The van der Waals surface area contributed by atoms with E-state index in [0.717, 1.165) is 25.1 Å². The number of hydrogen-bond donors (Lipinski definition) is 1. The molecular weight excluding hydrogens is 198 g/mol. The number of carbonyl (C=O) groups is 1. The minimum Gasteiger partial charge on any atom is -0.317 e. The molecule has 1 aromatic carbocycles. The number of hydrogen-bond acceptors (Lipinski definition) is 2. The molecule has 0 aromatic heterocycles. The van der Waals surface area contributed by atoms with Crippen LogP contribution >= 0.6 is 0 Å². The molecule has 0 aliphatic heterocycles. The summed E-state index contributed by atoms with van der Waals surface area (Å²) >= 11 is 0. The number of benzene rings is 1. The molecule has 0 saturated heterocycles. The Kier molecular flexibility index (Phi) is 5.79. The highest BCUT2D eigenvalue weighted by Crippen LogP contribution is 2.06. The van der Waals surface area contributed by atoms with Crippen molar-refractivity contribution >= 4 is 5.78 Å². The van der Waals surface area contributed by atoms with Gasteiger partial charge in [0.2, 0.25) is 0 Å². The number of Topliss-reactive ketones (excluding diaryl/α,β-unsaturated/α-hetero) is 1. The fourth-order valence-electron chi connectivity index (χ4n) is 1.61. The van der Waals surface area contributed by atoms with Crippen molar-refractivity contribution in [3.63, 3.8) is 0 Å². The molecule has 0 saturated carbocycles. The molecule has 0 radical (unpaired) electrons. The molecule has 0 bridgehead atoms. The van der Waals surface area contributed by atoms with Gasteiger partial charge < -0.3 is 5.32 Å². The van der Waals surface area contributed by atoms with Crippen molar-refractivity contribution < 1.29 is 4.79 Å². The minimum atomic E-state index is 0.310. The van der Waals surface area contributed by atoms with Gasteiger partial charge in [-0.15, -0.1) is 0 Å². The van der Waals surface area contributed by atoms with Crippen LogP contribution in [-0.4, -0.2) is 18.9 Å². The Morgan fingerprint density at radius 1 is 1.12 bits per heavy atom. The maximum absolute atomic E-state index is 11.6. The molecule has 0 spiro atoms. The van der Waals surface area contributed by atoms with Gasteiger partial charge in [0.05, 0.1) is 0 Å². The quantitative estimate of drug-likeness (QED) is 0.713. The van der Waals surface area contributed by atoms with E-state index in [-0.39, 0.29) is 0 Å². The number of carbonyl (C=O) groups excluding carboxylic acids is 1. The predicted octanol–water partition coefficient (Wildman–Crippen LogP) is 2.36. The van der Waals surface area contributed by atoms with Crippen LogP contribution < -0.4 is 5.32 Å². The highest BCUT2D eigenvalue weighted by atomic mass is 16.1. The first-order chi connectivity index (χ1) is 7.76. The molecule has 0 amide bonds. The largest absolute Gasteiger partial charge is 0.317 e. The van der Waals surface area contributed by atoms with E-state index < -0.39 is 0 Å². The van der Waals surface area contributed by atoms with Crippen molar-refractivity contribution in [1.82, 2.24) is 5.32 Å². The van der Waals surface area contributed by atoms with E-state index in [4.69, 9.17) is 0 Å². The molecule has 88 valence electrons. The average Bonchev–Trinajstić information content (AvgIpc) is 2.30. The van der Waals surface area contributed by atoms with Crippen LogP contribution in [-0.2, 0) is 17.6 Å². The normalized spacial score (nSPS) is 10.4. The zero-order chi connectivity index (χ0) is 11.8. The van der Waals surface area contributed by atoms with Crippen LogP contribution in [0.15, 0.2) is 24.3 Å². The van der Waals surface area contributed by atoms with Crippen LogP contribution in [0.1, 0.15) is 31.4 Å². The highest BCUT2D eigenvalue weighted by molar-refractivity contribution is 5.81. The summed E-state index contributed by atoms with van der Waals surface area (Å²) in [5.41, 5.74) is 2.45. The highest BCUT2D eigenvalue weighted by Gasteiger charge is 2.02. The molecule has 2 nitrogen and oxygen atoms in total. The third-order valence-corrected chi connectivity index (χ3v) is 2.66. The molecular formula is C14H21NO. The van der Waals surface area contributed by atoms with Gasteiger partial charge in [-0.3, -0.25) is 4.79 Å². The molecule has 0 aliphatic rings. The average molecular weight is 219 g/mol. The van der Waals surface area contributed by atoms with Crippen LogP contribution in [0.2, 0.25) is 0 Å². The maximum atomic E-state index is 11.6. The summed E-state index contributed by atoms with van der Waals surface area (Å²) in [5.74, 6) is 0.310. The summed E-state index contributed by atoms with van der Waals surface area (Å²) in [5, 5.41) is 3.16. The summed E-state index contributed by atoms with van der Waals surface area (Å²) < 4.78 is 0. The molecule has 0 unspecified atom stereocenters. The standard InChI is InChI=1S/C14H21NO/c1-3-12-5-7-13(8-6-12)11-14(16)9-10-15-4-2/h5-8,15H,3-4,9-11H2,1-2H3. The molecule has 0 heterocycles. The lowest BCUT2D eigenvalue weighted by molar-refractivity contribution is -0.118. The second kappa shape index (κ2) is 7.18. The van der Waals surface area contributed by atoms with Crippen LogP contribution in [0.5, 0.6) is 0 Å². The van der Waals surface area contributed by atoms with Gasteiger partial charge in [0.15, 0.2) is 0 Å². The second-order valence-corrected chi connectivity index (χ2v) is 3.99. The fraction of sp³-hybridized carbons (Fsp3) is 0.500. The van der Waals surface area contributed by atoms with Crippen molar-refractivity contribution in [2.45, 2.75) is 33.1 Å². The van der Waals surface area contributed by atoms with E-state index >= 15 is 0 Å².